The Hall–Kier alpha value is -1.99. The number of amides is 1. The lowest BCUT2D eigenvalue weighted by molar-refractivity contribution is 0.0931. The first-order valence-electron chi connectivity index (χ1n) is 7.57. The van der Waals surface area contributed by atoms with E-state index in [-0.39, 0.29) is 11.9 Å². The normalized spacial score (nSPS) is 15.9. The zero-order valence-electron chi connectivity index (χ0n) is 12.4. The fraction of sp³-hybridized carbons (Fsp3) is 0.312. The molecule has 0 unspecified atom stereocenters. The van der Waals surface area contributed by atoms with Gasteiger partial charge in [0.05, 0.1) is 5.39 Å². The molecule has 1 aliphatic heterocycles. The molecule has 1 saturated heterocycles. The van der Waals surface area contributed by atoms with Crippen molar-refractivity contribution in [3.63, 3.8) is 0 Å². The van der Waals surface area contributed by atoms with Crippen LogP contribution >= 0.6 is 22.7 Å². The molecule has 23 heavy (non-hydrogen) atoms. The molecule has 0 radical (unpaired) electrons. The van der Waals surface area contributed by atoms with E-state index in [1.807, 2.05) is 16.8 Å². The number of rotatable bonds is 3. The van der Waals surface area contributed by atoms with Crippen molar-refractivity contribution < 1.29 is 4.79 Å². The number of nitrogens with one attached hydrogen (secondary N) is 1. The van der Waals surface area contributed by atoms with E-state index >= 15 is 0 Å². The van der Waals surface area contributed by atoms with Gasteiger partial charge in [-0.2, -0.15) is 11.3 Å². The van der Waals surface area contributed by atoms with E-state index in [2.05, 4.69) is 31.6 Å². The molecule has 0 aromatic carbocycles. The first kappa shape index (κ1) is 14.6. The lowest BCUT2D eigenvalue weighted by Gasteiger charge is -2.33. The van der Waals surface area contributed by atoms with Crippen LogP contribution in [0.4, 0.5) is 5.82 Å². The van der Waals surface area contributed by atoms with E-state index in [0.717, 1.165) is 47.5 Å². The molecule has 1 aliphatic rings. The number of piperidine rings is 1. The minimum atomic E-state index is 0.0342. The van der Waals surface area contributed by atoms with Gasteiger partial charge in [0.15, 0.2) is 0 Å². The maximum atomic E-state index is 12.1. The molecule has 118 valence electrons. The summed E-state index contributed by atoms with van der Waals surface area (Å²) < 4.78 is 0. The predicted molar refractivity (Wildman–Crippen MR) is 94.4 cm³/mol. The maximum absolute atomic E-state index is 12.1. The summed E-state index contributed by atoms with van der Waals surface area (Å²) in [5.74, 6) is 1.05. The molecule has 7 heteroatoms. The zero-order chi connectivity index (χ0) is 15.6. The van der Waals surface area contributed by atoms with Crippen molar-refractivity contribution in [1.82, 2.24) is 15.3 Å². The zero-order valence-corrected chi connectivity index (χ0v) is 14.1. The molecular weight excluding hydrogens is 328 g/mol. The topological polar surface area (TPSA) is 58.1 Å². The molecule has 0 spiro atoms. The molecule has 0 bridgehead atoms. The third kappa shape index (κ3) is 2.94. The summed E-state index contributed by atoms with van der Waals surface area (Å²) >= 11 is 3.19. The van der Waals surface area contributed by atoms with Gasteiger partial charge >= 0.3 is 0 Å². The molecule has 4 heterocycles. The maximum Gasteiger partial charge on any atom is 0.252 e. The summed E-state index contributed by atoms with van der Waals surface area (Å²) in [6.45, 7) is 1.80. The van der Waals surface area contributed by atoms with Crippen molar-refractivity contribution in [3.05, 3.63) is 40.2 Å². The Morgan fingerprint density at radius 2 is 2.09 bits per heavy atom. The predicted octanol–water partition coefficient (Wildman–Crippen LogP) is 3.15. The van der Waals surface area contributed by atoms with E-state index in [9.17, 15) is 4.79 Å². The highest BCUT2D eigenvalue weighted by molar-refractivity contribution is 7.16. The van der Waals surface area contributed by atoms with Crippen LogP contribution in [0.5, 0.6) is 0 Å². The molecular formula is C16H16N4OS2. The molecule has 1 amide bonds. The van der Waals surface area contributed by atoms with Gasteiger partial charge in [-0.1, -0.05) is 0 Å². The highest BCUT2D eigenvalue weighted by Crippen LogP contribution is 2.28. The van der Waals surface area contributed by atoms with E-state index in [4.69, 9.17) is 0 Å². The first-order valence-corrected chi connectivity index (χ1v) is 9.40. The van der Waals surface area contributed by atoms with Crippen LogP contribution in [0, 0.1) is 0 Å². The van der Waals surface area contributed by atoms with E-state index in [1.54, 1.807) is 29.0 Å². The van der Waals surface area contributed by atoms with Crippen LogP contribution in [0.2, 0.25) is 0 Å². The Morgan fingerprint density at radius 3 is 2.87 bits per heavy atom. The SMILES string of the molecule is O=C(NC1CCN(c2ncnc3sccc23)CC1)c1ccsc1. The van der Waals surface area contributed by atoms with Gasteiger partial charge in [-0.25, -0.2) is 9.97 Å². The fourth-order valence-corrected chi connectivity index (χ4v) is 4.29. The van der Waals surface area contributed by atoms with E-state index in [1.165, 1.54) is 0 Å². The summed E-state index contributed by atoms with van der Waals surface area (Å²) in [6, 6.07) is 4.18. The average molecular weight is 344 g/mol. The summed E-state index contributed by atoms with van der Waals surface area (Å²) in [7, 11) is 0. The smallest absolute Gasteiger partial charge is 0.252 e. The second kappa shape index (κ2) is 6.25. The number of fused-ring (bicyclic) bond motifs is 1. The van der Waals surface area contributed by atoms with Gasteiger partial charge in [0.2, 0.25) is 0 Å². The van der Waals surface area contributed by atoms with Crippen LogP contribution in [0.25, 0.3) is 10.2 Å². The Labute approximate surface area is 142 Å². The molecule has 0 aliphatic carbocycles. The second-order valence-corrected chi connectivity index (χ2v) is 7.26. The molecule has 1 N–H and O–H groups in total. The van der Waals surface area contributed by atoms with Crippen molar-refractivity contribution in [3.8, 4) is 0 Å². The van der Waals surface area contributed by atoms with Gasteiger partial charge in [0.1, 0.15) is 17.0 Å². The summed E-state index contributed by atoms with van der Waals surface area (Å²) in [5, 5.41) is 10.1. The van der Waals surface area contributed by atoms with E-state index < -0.39 is 0 Å². The van der Waals surface area contributed by atoms with Crippen molar-refractivity contribution in [1.29, 1.82) is 0 Å². The molecule has 1 fully saturated rings. The number of thiophene rings is 2. The van der Waals surface area contributed by atoms with Crippen LogP contribution in [0.15, 0.2) is 34.6 Å². The molecule has 0 saturated carbocycles. The highest BCUT2D eigenvalue weighted by atomic mass is 32.1. The Balaban J connectivity index is 1.41. The Kier molecular flexibility index (Phi) is 3.97. The molecule has 0 atom stereocenters. The molecule has 5 nitrogen and oxygen atoms in total. The largest absolute Gasteiger partial charge is 0.356 e. The Bertz CT molecular complexity index is 806. The summed E-state index contributed by atoms with van der Waals surface area (Å²) in [6.07, 6.45) is 3.51. The standard InChI is InChI=1S/C16H16N4OS2/c21-15(11-3-7-22-9-11)19-12-1-5-20(6-2-12)14-13-4-8-23-16(13)18-10-17-14/h3-4,7-10,12H,1-2,5-6H2,(H,19,21). The van der Waals surface area contributed by atoms with Crippen molar-refractivity contribution >= 4 is 44.6 Å². The molecule has 4 rings (SSSR count). The number of carbonyl (C=O) groups excluding carboxylic acids is 1. The monoisotopic (exact) mass is 344 g/mol. The molecule has 3 aromatic heterocycles. The van der Waals surface area contributed by atoms with Crippen molar-refractivity contribution in [2.75, 3.05) is 18.0 Å². The fourth-order valence-electron chi connectivity index (χ4n) is 2.93. The van der Waals surface area contributed by atoms with Crippen LogP contribution in [-0.4, -0.2) is 35.0 Å². The Morgan fingerprint density at radius 1 is 1.22 bits per heavy atom. The molecule has 3 aromatic rings. The van der Waals surface area contributed by atoms with Crippen molar-refractivity contribution in [2.45, 2.75) is 18.9 Å². The van der Waals surface area contributed by atoms with Gasteiger partial charge in [0, 0.05) is 30.1 Å². The van der Waals surface area contributed by atoms with Crippen molar-refractivity contribution in [2.24, 2.45) is 0 Å². The highest BCUT2D eigenvalue weighted by Gasteiger charge is 2.23. The number of nitrogens with zero attached hydrogens (tertiary/aromatic N) is 3. The van der Waals surface area contributed by atoms with Crippen LogP contribution in [0.3, 0.4) is 0 Å². The number of aromatic nitrogens is 2. The van der Waals surface area contributed by atoms with Gasteiger partial charge < -0.3 is 10.2 Å². The minimum Gasteiger partial charge on any atom is -0.356 e. The number of carbonyl (C=O) groups is 1. The van der Waals surface area contributed by atoms with Crippen LogP contribution in [-0.2, 0) is 0 Å². The number of hydrogen-bond donors (Lipinski definition) is 1. The van der Waals surface area contributed by atoms with Gasteiger partial charge in [0.25, 0.3) is 5.91 Å². The van der Waals surface area contributed by atoms with Crippen LogP contribution < -0.4 is 10.2 Å². The minimum absolute atomic E-state index is 0.0342. The van der Waals surface area contributed by atoms with E-state index in [0.29, 0.717) is 0 Å². The quantitative estimate of drug-likeness (QED) is 0.793. The van der Waals surface area contributed by atoms with Gasteiger partial charge in [-0.05, 0) is 35.7 Å². The number of hydrogen-bond acceptors (Lipinski definition) is 6. The summed E-state index contributed by atoms with van der Waals surface area (Å²) in [4.78, 5) is 24.2. The third-order valence-corrected chi connectivity index (χ3v) is 5.66. The average Bonchev–Trinajstić information content (AvgIpc) is 3.26. The second-order valence-electron chi connectivity index (χ2n) is 5.58. The summed E-state index contributed by atoms with van der Waals surface area (Å²) in [5.41, 5.74) is 0.758. The first-order chi connectivity index (χ1) is 11.3. The third-order valence-electron chi connectivity index (χ3n) is 4.15. The van der Waals surface area contributed by atoms with Gasteiger partial charge in [-0.3, -0.25) is 4.79 Å². The lowest BCUT2D eigenvalue weighted by Crippen LogP contribution is -2.44. The van der Waals surface area contributed by atoms with Crippen LogP contribution in [0.1, 0.15) is 23.2 Å². The number of anilines is 1. The van der Waals surface area contributed by atoms with Gasteiger partial charge in [-0.15, -0.1) is 11.3 Å². The lowest BCUT2D eigenvalue weighted by atomic mass is 10.0.